The number of hydrogen-bond acceptors (Lipinski definition) is 5. The Morgan fingerprint density at radius 2 is 1.87 bits per heavy atom. The molecule has 5 rings (SSSR count). The minimum absolute atomic E-state index is 0.0249. The summed E-state index contributed by atoms with van der Waals surface area (Å²) in [5.41, 5.74) is 1.70. The van der Waals surface area contributed by atoms with E-state index >= 15 is 0 Å². The van der Waals surface area contributed by atoms with Gasteiger partial charge in [-0.15, -0.1) is 0 Å². The van der Waals surface area contributed by atoms with Crippen LogP contribution in [0, 0.1) is 19.7 Å². The van der Waals surface area contributed by atoms with E-state index in [9.17, 15) is 23.6 Å². The molecule has 0 bridgehead atoms. The van der Waals surface area contributed by atoms with Gasteiger partial charge < -0.3 is 15.1 Å². The van der Waals surface area contributed by atoms with Crippen LogP contribution in [0.15, 0.2) is 47.3 Å². The highest BCUT2D eigenvalue weighted by Crippen LogP contribution is 2.38. The van der Waals surface area contributed by atoms with Crippen LogP contribution in [0.4, 0.5) is 33.0 Å². The molecule has 0 atom stereocenters. The fourth-order valence-electron chi connectivity index (χ4n) is 4.87. The Kier molecular flexibility index (Phi) is 6.71. The van der Waals surface area contributed by atoms with Crippen LogP contribution in [-0.4, -0.2) is 47.3 Å². The molecule has 202 valence electrons. The van der Waals surface area contributed by atoms with Gasteiger partial charge in [-0.05, 0) is 62.6 Å². The Hall–Kier alpha value is -4.47. The van der Waals surface area contributed by atoms with Crippen LogP contribution in [-0.2, 0) is 16.6 Å². The molecule has 0 unspecified atom stereocenters. The van der Waals surface area contributed by atoms with E-state index in [1.165, 1.54) is 22.6 Å². The molecule has 1 saturated carbocycles. The lowest BCUT2D eigenvalue weighted by Gasteiger charge is -2.32. The van der Waals surface area contributed by atoms with Gasteiger partial charge in [0.1, 0.15) is 17.2 Å². The molecule has 2 aliphatic rings. The predicted octanol–water partition coefficient (Wildman–Crippen LogP) is 4.15. The van der Waals surface area contributed by atoms with E-state index in [0.29, 0.717) is 36.3 Å². The summed E-state index contributed by atoms with van der Waals surface area (Å²) in [6.07, 6.45) is 2.69. The standard InChI is InChI=1S/C29H30FN5O4/c1-17-8-11-23(22(30)14-17)31-27-25(29(39)32(3)19-9-10-19)26(18(2)28(38)33(27)4)35(16-36)21-7-5-6-20(15-21)34-13-12-24(34)37/h5-8,11,14-16,19,31H,9-10,12-13H2,1-4H3. The van der Waals surface area contributed by atoms with Crippen LogP contribution in [0.3, 0.4) is 0 Å². The molecular weight excluding hydrogens is 501 g/mol. The predicted molar refractivity (Wildman–Crippen MR) is 148 cm³/mol. The van der Waals surface area contributed by atoms with Gasteiger partial charge in [0.2, 0.25) is 12.3 Å². The number of hydrogen-bond donors (Lipinski definition) is 1. The summed E-state index contributed by atoms with van der Waals surface area (Å²) in [5.74, 6) is -0.898. The third-order valence-corrected chi connectivity index (χ3v) is 7.41. The van der Waals surface area contributed by atoms with Crippen LogP contribution in [0.2, 0.25) is 0 Å². The first-order valence-corrected chi connectivity index (χ1v) is 12.8. The summed E-state index contributed by atoms with van der Waals surface area (Å²) >= 11 is 0. The molecule has 39 heavy (non-hydrogen) atoms. The van der Waals surface area contributed by atoms with Crippen LogP contribution < -0.4 is 20.7 Å². The first-order chi connectivity index (χ1) is 18.6. The van der Waals surface area contributed by atoms with Crippen molar-refractivity contribution in [3.05, 3.63) is 75.3 Å². The largest absolute Gasteiger partial charge is 0.339 e. The normalized spacial score (nSPS) is 14.6. The molecule has 2 fully saturated rings. The Labute approximate surface area is 225 Å². The van der Waals surface area contributed by atoms with E-state index in [2.05, 4.69) is 5.32 Å². The molecule has 1 aromatic heterocycles. The second-order valence-corrected chi connectivity index (χ2v) is 10.1. The maximum Gasteiger partial charge on any atom is 0.259 e. The number of aromatic nitrogens is 1. The van der Waals surface area contributed by atoms with Crippen molar-refractivity contribution in [1.29, 1.82) is 0 Å². The zero-order valence-electron chi connectivity index (χ0n) is 22.3. The SMILES string of the molecule is Cc1ccc(Nc2c(C(=O)N(C)C3CC3)c(N(C=O)c3cccc(N4CCC4=O)c3)c(C)c(=O)n2C)c(F)c1. The van der Waals surface area contributed by atoms with Gasteiger partial charge in [-0.3, -0.25) is 28.6 Å². The van der Waals surface area contributed by atoms with Crippen molar-refractivity contribution in [2.45, 2.75) is 39.2 Å². The first-order valence-electron chi connectivity index (χ1n) is 12.8. The van der Waals surface area contributed by atoms with Crippen molar-refractivity contribution < 1.29 is 18.8 Å². The number of halogens is 1. The Morgan fingerprint density at radius 3 is 2.46 bits per heavy atom. The average Bonchev–Trinajstić information content (AvgIpc) is 3.76. The number of benzene rings is 2. The summed E-state index contributed by atoms with van der Waals surface area (Å²) in [7, 11) is 3.19. The Bertz CT molecular complexity index is 1560. The van der Waals surface area contributed by atoms with Gasteiger partial charge >= 0.3 is 0 Å². The van der Waals surface area contributed by atoms with E-state index < -0.39 is 17.3 Å². The molecule has 1 aliphatic carbocycles. The fraction of sp³-hybridized carbons (Fsp3) is 0.310. The summed E-state index contributed by atoms with van der Waals surface area (Å²) < 4.78 is 16.2. The third kappa shape index (κ3) is 4.67. The molecule has 0 spiro atoms. The molecule has 9 nitrogen and oxygen atoms in total. The number of β-lactam (4-membered cyclic amide) rings is 1. The highest BCUT2D eigenvalue weighted by Gasteiger charge is 2.36. The van der Waals surface area contributed by atoms with Crippen molar-refractivity contribution in [1.82, 2.24) is 9.47 Å². The minimum Gasteiger partial charge on any atom is -0.339 e. The zero-order valence-corrected chi connectivity index (χ0v) is 22.3. The van der Waals surface area contributed by atoms with Gasteiger partial charge in [0.25, 0.3) is 11.5 Å². The number of rotatable bonds is 8. The molecule has 0 radical (unpaired) electrons. The molecule has 2 heterocycles. The van der Waals surface area contributed by atoms with Crippen LogP contribution in [0.5, 0.6) is 0 Å². The van der Waals surface area contributed by atoms with E-state index in [0.717, 1.165) is 12.8 Å². The highest BCUT2D eigenvalue weighted by atomic mass is 19.1. The molecule has 1 N–H and O–H groups in total. The van der Waals surface area contributed by atoms with Crippen molar-refractivity contribution in [3.8, 4) is 0 Å². The van der Waals surface area contributed by atoms with E-state index in [4.69, 9.17) is 0 Å². The molecule has 3 aromatic rings. The average molecular weight is 532 g/mol. The van der Waals surface area contributed by atoms with Crippen LogP contribution in [0.1, 0.15) is 40.7 Å². The number of pyridine rings is 1. The first kappa shape index (κ1) is 26.1. The molecule has 3 amide bonds. The summed E-state index contributed by atoms with van der Waals surface area (Å²) in [4.78, 5) is 56.6. The van der Waals surface area contributed by atoms with Crippen LogP contribution >= 0.6 is 0 Å². The van der Waals surface area contributed by atoms with Gasteiger partial charge in [0.15, 0.2) is 0 Å². The summed E-state index contributed by atoms with van der Waals surface area (Å²) in [5, 5.41) is 2.97. The van der Waals surface area contributed by atoms with Gasteiger partial charge in [0.05, 0.1) is 17.1 Å². The van der Waals surface area contributed by atoms with Crippen molar-refractivity contribution in [2.24, 2.45) is 7.05 Å². The number of carbonyl (C=O) groups is 3. The molecule has 1 saturated heterocycles. The number of anilines is 5. The molecular formula is C29H30FN5O4. The summed E-state index contributed by atoms with van der Waals surface area (Å²) in [6.45, 7) is 3.89. The lowest BCUT2D eigenvalue weighted by atomic mass is 10.0. The lowest BCUT2D eigenvalue weighted by Crippen LogP contribution is -2.43. The van der Waals surface area contributed by atoms with Crippen molar-refractivity contribution >= 4 is 46.8 Å². The van der Waals surface area contributed by atoms with Crippen molar-refractivity contribution in [3.63, 3.8) is 0 Å². The Balaban J connectivity index is 1.73. The summed E-state index contributed by atoms with van der Waals surface area (Å²) in [6, 6.07) is 11.5. The molecule has 10 heteroatoms. The second kappa shape index (κ2) is 10.0. The maximum absolute atomic E-state index is 14.9. The number of nitrogens with one attached hydrogen (secondary N) is 1. The monoisotopic (exact) mass is 531 g/mol. The number of carbonyl (C=O) groups excluding carboxylic acids is 3. The van der Waals surface area contributed by atoms with Gasteiger partial charge in [-0.2, -0.15) is 0 Å². The number of nitrogens with zero attached hydrogens (tertiary/aromatic N) is 4. The van der Waals surface area contributed by atoms with E-state index in [1.54, 1.807) is 67.1 Å². The number of aryl methyl sites for hydroxylation is 1. The quantitative estimate of drug-likeness (QED) is 0.348. The molecule has 2 aromatic carbocycles. The van der Waals surface area contributed by atoms with Gasteiger partial charge in [-0.1, -0.05) is 12.1 Å². The zero-order chi connectivity index (χ0) is 28.0. The van der Waals surface area contributed by atoms with Crippen LogP contribution in [0.25, 0.3) is 0 Å². The second-order valence-electron chi connectivity index (χ2n) is 10.1. The molecule has 1 aliphatic heterocycles. The van der Waals surface area contributed by atoms with Gasteiger partial charge in [0, 0.05) is 44.4 Å². The topological polar surface area (TPSA) is 95.0 Å². The number of amides is 3. The van der Waals surface area contributed by atoms with Gasteiger partial charge in [-0.25, -0.2) is 4.39 Å². The highest BCUT2D eigenvalue weighted by molar-refractivity contribution is 6.09. The fourth-order valence-corrected chi connectivity index (χ4v) is 4.87. The lowest BCUT2D eigenvalue weighted by molar-refractivity contribution is -0.122. The van der Waals surface area contributed by atoms with Crippen molar-refractivity contribution in [2.75, 3.05) is 28.7 Å². The smallest absolute Gasteiger partial charge is 0.259 e. The Morgan fingerprint density at radius 1 is 1.13 bits per heavy atom. The van der Waals surface area contributed by atoms with E-state index in [1.807, 2.05) is 0 Å². The van der Waals surface area contributed by atoms with E-state index in [-0.39, 0.29) is 40.3 Å². The maximum atomic E-state index is 14.9. The third-order valence-electron chi connectivity index (χ3n) is 7.41. The minimum atomic E-state index is -0.544.